The van der Waals surface area contributed by atoms with E-state index in [4.69, 9.17) is 4.74 Å². The Kier molecular flexibility index (Phi) is 7.54. The largest absolute Gasteiger partial charge is 0.384 e. The summed E-state index contributed by atoms with van der Waals surface area (Å²) in [6, 6.07) is 13.0. The summed E-state index contributed by atoms with van der Waals surface area (Å²) in [6.07, 6.45) is 8.84. The van der Waals surface area contributed by atoms with Crippen LogP contribution in [0.2, 0.25) is 0 Å². The Labute approximate surface area is 208 Å². The third-order valence-electron chi connectivity index (χ3n) is 8.19. The minimum atomic E-state index is -0.537. The summed E-state index contributed by atoms with van der Waals surface area (Å²) in [5.41, 5.74) is 5.19. The molecule has 2 heterocycles. The minimum absolute atomic E-state index is 0.0162. The number of nitrogens with zero attached hydrogens (tertiary/aromatic N) is 2. The van der Waals surface area contributed by atoms with Crippen LogP contribution in [0.25, 0.3) is 6.08 Å². The summed E-state index contributed by atoms with van der Waals surface area (Å²) in [5.74, 6) is 0.591. The fourth-order valence-corrected chi connectivity index (χ4v) is 6.07. The van der Waals surface area contributed by atoms with Crippen molar-refractivity contribution in [1.29, 1.82) is 0 Å². The zero-order valence-corrected chi connectivity index (χ0v) is 21.0. The van der Waals surface area contributed by atoms with Crippen molar-refractivity contribution in [2.24, 2.45) is 13.0 Å². The smallest absolute Gasteiger partial charge is 0.250 e. The van der Waals surface area contributed by atoms with Gasteiger partial charge in [-0.15, -0.1) is 0 Å². The van der Waals surface area contributed by atoms with Gasteiger partial charge < -0.3 is 19.7 Å². The van der Waals surface area contributed by atoms with Crippen LogP contribution in [0, 0.1) is 5.92 Å². The molecule has 6 nitrogen and oxygen atoms in total. The fraction of sp³-hybridized carbons (Fsp3) is 0.552. The van der Waals surface area contributed by atoms with E-state index in [1.807, 2.05) is 6.20 Å². The van der Waals surface area contributed by atoms with Gasteiger partial charge in [-0.05, 0) is 67.3 Å². The van der Waals surface area contributed by atoms with Gasteiger partial charge in [0.2, 0.25) is 0 Å². The molecule has 2 N–H and O–H groups in total. The Balaban J connectivity index is 1.39. The number of piperidine rings is 1. The van der Waals surface area contributed by atoms with Gasteiger partial charge in [0.1, 0.15) is 6.23 Å². The van der Waals surface area contributed by atoms with Crippen molar-refractivity contribution in [3.63, 3.8) is 0 Å². The van der Waals surface area contributed by atoms with E-state index in [0.717, 1.165) is 63.9 Å². The number of pyridine rings is 1. The molecule has 1 aromatic carbocycles. The van der Waals surface area contributed by atoms with Crippen LogP contribution < -0.4 is 10.9 Å². The van der Waals surface area contributed by atoms with Crippen LogP contribution in [0.3, 0.4) is 0 Å². The lowest BCUT2D eigenvalue weighted by Gasteiger charge is -2.42. The summed E-state index contributed by atoms with van der Waals surface area (Å²) < 4.78 is 6.98. The number of methoxy groups -OCH3 is 1. The second-order valence-corrected chi connectivity index (χ2v) is 10.6. The first kappa shape index (κ1) is 24.4. The maximum Gasteiger partial charge on any atom is 0.250 e. The Morgan fingerprint density at radius 2 is 2.06 bits per heavy atom. The van der Waals surface area contributed by atoms with Crippen LogP contribution >= 0.6 is 0 Å². The average Bonchev–Trinajstić information content (AvgIpc) is 3.72. The van der Waals surface area contributed by atoms with E-state index in [9.17, 15) is 9.90 Å². The minimum Gasteiger partial charge on any atom is -0.384 e. The van der Waals surface area contributed by atoms with Gasteiger partial charge in [0.05, 0.1) is 0 Å². The van der Waals surface area contributed by atoms with Crippen molar-refractivity contribution in [3.8, 4) is 0 Å². The number of nitrogens with one attached hydrogen (secondary N) is 1. The second-order valence-electron chi connectivity index (χ2n) is 10.6. The molecule has 188 valence electrons. The maximum absolute atomic E-state index is 12.4. The molecule has 1 aliphatic heterocycles. The van der Waals surface area contributed by atoms with E-state index in [2.05, 4.69) is 46.6 Å². The molecule has 0 spiro atoms. The summed E-state index contributed by atoms with van der Waals surface area (Å²) in [6.45, 7) is 3.27. The van der Waals surface area contributed by atoms with E-state index in [-0.39, 0.29) is 17.4 Å². The molecule has 6 heteroatoms. The number of ether oxygens (including phenoxy) is 1. The average molecular weight is 478 g/mol. The molecule has 1 saturated heterocycles. The summed E-state index contributed by atoms with van der Waals surface area (Å²) in [5, 5.41) is 15.4. The van der Waals surface area contributed by atoms with Gasteiger partial charge in [-0.1, -0.05) is 35.9 Å². The van der Waals surface area contributed by atoms with Crippen molar-refractivity contribution in [2.45, 2.75) is 56.2 Å². The van der Waals surface area contributed by atoms with E-state index >= 15 is 0 Å². The first-order chi connectivity index (χ1) is 17.0. The molecule has 35 heavy (non-hydrogen) atoms. The van der Waals surface area contributed by atoms with Gasteiger partial charge in [-0.3, -0.25) is 9.69 Å². The van der Waals surface area contributed by atoms with Crippen LogP contribution in [-0.2, 0) is 11.8 Å². The number of aliphatic hydroxyl groups excluding tert-OH is 1. The molecular weight excluding hydrogens is 438 g/mol. The van der Waals surface area contributed by atoms with Gasteiger partial charge in [-0.25, -0.2) is 0 Å². The van der Waals surface area contributed by atoms with E-state index in [1.165, 1.54) is 16.7 Å². The molecule has 2 fully saturated rings. The quantitative estimate of drug-likeness (QED) is 0.542. The van der Waals surface area contributed by atoms with Crippen molar-refractivity contribution in [2.75, 3.05) is 33.4 Å². The highest BCUT2D eigenvalue weighted by molar-refractivity contribution is 5.61. The number of benzene rings is 1. The predicted octanol–water partition coefficient (Wildman–Crippen LogP) is 3.47. The summed E-state index contributed by atoms with van der Waals surface area (Å²) in [7, 11) is 3.55. The molecule has 3 aliphatic rings. The third kappa shape index (κ3) is 5.46. The van der Waals surface area contributed by atoms with Crippen LogP contribution in [0.1, 0.15) is 60.6 Å². The molecule has 2 aromatic rings. The van der Waals surface area contributed by atoms with Crippen LogP contribution in [0.15, 0.2) is 53.0 Å². The highest BCUT2D eigenvalue weighted by Gasteiger charge is 2.42. The number of fused-ring (bicyclic) bond motifs is 1. The third-order valence-corrected chi connectivity index (χ3v) is 8.19. The van der Waals surface area contributed by atoms with Gasteiger partial charge >= 0.3 is 0 Å². The summed E-state index contributed by atoms with van der Waals surface area (Å²) >= 11 is 0. The highest BCUT2D eigenvalue weighted by atomic mass is 16.5. The molecule has 2 aliphatic carbocycles. The van der Waals surface area contributed by atoms with Gasteiger partial charge in [0, 0.05) is 64.0 Å². The van der Waals surface area contributed by atoms with Crippen molar-refractivity contribution >= 4 is 6.08 Å². The SMILES string of the molecule is COCCC1=Cc2ccccc2C(CN(C2CC2)C(O)[C@H]2CNCC[C@@H]2c2ccn(C)c(=O)c2)C1. The number of aromatic nitrogens is 1. The molecule has 0 amide bonds. The fourth-order valence-electron chi connectivity index (χ4n) is 6.07. The van der Waals surface area contributed by atoms with E-state index in [0.29, 0.717) is 12.0 Å². The lowest BCUT2D eigenvalue weighted by molar-refractivity contribution is -0.0610. The number of rotatable bonds is 9. The molecule has 1 saturated carbocycles. The molecule has 5 rings (SSSR count). The Morgan fingerprint density at radius 3 is 2.83 bits per heavy atom. The second kappa shape index (κ2) is 10.8. The number of aryl methyl sites for hydroxylation is 1. The molecule has 0 radical (unpaired) electrons. The molecule has 0 bridgehead atoms. The lowest BCUT2D eigenvalue weighted by Crippen LogP contribution is -2.51. The van der Waals surface area contributed by atoms with E-state index in [1.54, 1.807) is 24.8 Å². The van der Waals surface area contributed by atoms with Crippen molar-refractivity contribution < 1.29 is 9.84 Å². The molecule has 4 atom stereocenters. The standard InChI is InChI=1S/C29H39N3O3/c1-31-13-10-22(17-28(31)33)26-9-12-30-18-27(26)29(34)32(24-7-8-24)19-23-16-20(11-14-35-2)15-21-5-3-4-6-25(21)23/h3-6,10,13,15,17,23-24,26-27,29-30,34H,7-9,11-12,14,16,18-19H2,1-2H3/t23?,26-,27+,29?/m1/s1. The Hall–Kier alpha value is -2.25. The van der Waals surface area contributed by atoms with Crippen LogP contribution in [0.5, 0.6) is 0 Å². The van der Waals surface area contributed by atoms with Crippen LogP contribution in [0.4, 0.5) is 0 Å². The Bertz CT molecular complexity index is 1110. The predicted molar refractivity (Wildman–Crippen MR) is 139 cm³/mol. The lowest BCUT2D eigenvalue weighted by atomic mass is 9.79. The van der Waals surface area contributed by atoms with Gasteiger partial charge in [0.15, 0.2) is 0 Å². The van der Waals surface area contributed by atoms with Crippen molar-refractivity contribution in [1.82, 2.24) is 14.8 Å². The highest BCUT2D eigenvalue weighted by Crippen LogP contribution is 2.41. The number of hydrogen-bond acceptors (Lipinski definition) is 5. The van der Waals surface area contributed by atoms with Gasteiger partial charge in [-0.2, -0.15) is 0 Å². The zero-order chi connectivity index (χ0) is 24.4. The molecule has 1 aromatic heterocycles. The van der Waals surface area contributed by atoms with E-state index < -0.39 is 6.23 Å². The first-order valence-corrected chi connectivity index (χ1v) is 13.1. The van der Waals surface area contributed by atoms with Crippen LogP contribution in [-0.4, -0.2) is 60.2 Å². The topological polar surface area (TPSA) is 66.7 Å². The Morgan fingerprint density at radius 1 is 1.23 bits per heavy atom. The number of aliphatic hydroxyl groups is 1. The molecule has 2 unspecified atom stereocenters. The molecular formula is C29H39N3O3. The maximum atomic E-state index is 12.4. The number of hydrogen-bond donors (Lipinski definition) is 2. The van der Waals surface area contributed by atoms with Gasteiger partial charge in [0.25, 0.3) is 5.56 Å². The monoisotopic (exact) mass is 477 g/mol. The zero-order valence-electron chi connectivity index (χ0n) is 21.0. The first-order valence-electron chi connectivity index (χ1n) is 13.1. The normalized spacial score (nSPS) is 25.3. The summed E-state index contributed by atoms with van der Waals surface area (Å²) in [4.78, 5) is 14.7. The van der Waals surface area contributed by atoms with Crippen molar-refractivity contribution in [3.05, 3.63) is 75.2 Å².